The summed E-state index contributed by atoms with van der Waals surface area (Å²) in [5.74, 6) is 0. The third-order valence-electron chi connectivity index (χ3n) is 2.49. The lowest BCUT2D eigenvalue weighted by atomic mass is 10.2. The molecule has 1 aromatic heterocycles. The van der Waals surface area contributed by atoms with Gasteiger partial charge in [0.15, 0.2) is 5.43 Å². The van der Waals surface area contributed by atoms with Crippen molar-refractivity contribution in [3.8, 4) is 10.4 Å². The van der Waals surface area contributed by atoms with E-state index in [1.807, 2.05) is 0 Å². The molecule has 0 amide bonds. The average Bonchev–Trinajstić information content (AvgIpc) is 2.66. The van der Waals surface area contributed by atoms with E-state index in [1.54, 1.807) is 41.1 Å². The summed E-state index contributed by atoms with van der Waals surface area (Å²) in [5.41, 5.74) is 1.12. The van der Waals surface area contributed by atoms with Crippen LogP contribution in [0.15, 0.2) is 52.3 Å². The van der Waals surface area contributed by atoms with Crippen molar-refractivity contribution >= 4 is 16.9 Å². The number of rotatable bonds is 0. The topological polar surface area (TPSA) is 38.5 Å². The molecule has 16 heavy (non-hydrogen) atoms. The van der Waals surface area contributed by atoms with Gasteiger partial charge in [-0.3, -0.25) is 9.59 Å². The van der Waals surface area contributed by atoms with Gasteiger partial charge >= 0.3 is 0 Å². The molecule has 0 bridgehead atoms. The zero-order valence-electron chi connectivity index (χ0n) is 8.21. The maximum atomic E-state index is 11.9. The number of hydrogen-bond donors (Lipinski definition) is 0. The van der Waals surface area contributed by atoms with E-state index in [4.69, 9.17) is 0 Å². The molecule has 2 aliphatic rings. The Hall–Kier alpha value is -1.94. The van der Waals surface area contributed by atoms with Crippen molar-refractivity contribution in [1.29, 1.82) is 0 Å². The van der Waals surface area contributed by atoms with Gasteiger partial charge in [-0.05, 0) is 24.3 Å². The molecular weight excluding hydrogens is 222 g/mol. The Bertz CT molecular complexity index is 757. The van der Waals surface area contributed by atoms with Gasteiger partial charge in [-0.15, -0.1) is 0 Å². The fraction of sp³-hybridized carbons (Fsp3) is 0. The Balaban J connectivity index is 2.65. The molecule has 0 atom stereocenters. The molecular formula is C12H7NO2S. The van der Waals surface area contributed by atoms with E-state index in [0.29, 0.717) is 11.1 Å². The summed E-state index contributed by atoms with van der Waals surface area (Å²) < 4.78 is 1.66. The van der Waals surface area contributed by atoms with Crippen molar-refractivity contribution in [1.82, 2.24) is 4.40 Å². The Kier molecular flexibility index (Phi) is 1.91. The Morgan fingerprint density at radius 3 is 2.81 bits per heavy atom. The summed E-state index contributed by atoms with van der Waals surface area (Å²) in [4.78, 5) is 24.3. The first-order valence-electron chi connectivity index (χ1n) is 4.79. The second-order valence-electron chi connectivity index (χ2n) is 3.49. The second-order valence-corrected chi connectivity index (χ2v) is 4.50. The smallest absolute Gasteiger partial charge is 0.256 e. The highest BCUT2D eigenvalue weighted by molar-refractivity contribution is 7.13. The first kappa shape index (κ1) is 9.30. The van der Waals surface area contributed by atoms with Crippen molar-refractivity contribution < 1.29 is 0 Å². The van der Waals surface area contributed by atoms with Crippen molar-refractivity contribution in [2.24, 2.45) is 0 Å². The van der Waals surface area contributed by atoms with Crippen molar-refractivity contribution in [3.05, 3.63) is 62.5 Å². The molecule has 1 aromatic rings. The van der Waals surface area contributed by atoms with Gasteiger partial charge in [0, 0.05) is 17.3 Å². The van der Waals surface area contributed by atoms with Crippen LogP contribution in [-0.2, 0) is 0 Å². The molecule has 1 aliphatic carbocycles. The number of benzene rings is 1. The average molecular weight is 229 g/mol. The highest BCUT2D eigenvalue weighted by atomic mass is 32.1. The highest BCUT2D eigenvalue weighted by Crippen LogP contribution is 2.19. The molecule has 1 aliphatic heterocycles. The van der Waals surface area contributed by atoms with E-state index in [0.717, 1.165) is 16.2 Å². The predicted octanol–water partition coefficient (Wildman–Crippen LogP) is 1.83. The van der Waals surface area contributed by atoms with Crippen molar-refractivity contribution in [3.63, 3.8) is 0 Å². The number of aromatic nitrogens is 1. The van der Waals surface area contributed by atoms with Crippen molar-refractivity contribution in [2.45, 2.75) is 0 Å². The van der Waals surface area contributed by atoms with E-state index in [-0.39, 0.29) is 10.2 Å². The minimum atomic E-state index is -0.0562. The molecule has 0 saturated carbocycles. The molecule has 0 saturated heterocycles. The molecule has 0 unspecified atom stereocenters. The van der Waals surface area contributed by atoms with E-state index in [2.05, 4.69) is 0 Å². The van der Waals surface area contributed by atoms with Crippen LogP contribution in [0.2, 0.25) is 0 Å². The molecule has 0 spiro atoms. The first-order valence-corrected chi connectivity index (χ1v) is 5.61. The van der Waals surface area contributed by atoms with Gasteiger partial charge in [0.25, 0.3) is 4.74 Å². The molecule has 78 valence electrons. The van der Waals surface area contributed by atoms with Crippen LogP contribution in [0.25, 0.3) is 16.0 Å². The van der Waals surface area contributed by atoms with E-state index in [9.17, 15) is 9.59 Å². The zero-order chi connectivity index (χ0) is 11.1. The van der Waals surface area contributed by atoms with Crippen LogP contribution in [0, 0.1) is 0 Å². The van der Waals surface area contributed by atoms with E-state index >= 15 is 0 Å². The quantitative estimate of drug-likeness (QED) is 0.590. The van der Waals surface area contributed by atoms with Gasteiger partial charge in [-0.1, -0.05) is 17.4 Å². The lowest BCUT2D eigenvalue weighted by molar-refractivity contribution is 1.21. The molecule has 4 heteroatoms. The summed E-state index contributed by atoms with van der Waals surface area (Å²) in [5, 5.41) is 0. The molecule has 3 nitrogen and oxygen atoms in total. The van der Waals surface area contributed by atoms with Crippen LogP contribution >= 0.6 is 11.3 Å². The second kappa shape index (κ2) is 3.28. The van der Waals surface area contributed by atoms with Crippen LogP contribution in [-0.4, -0.2) is 4.40 Å². The predicted molar refractivity (Wildman–Crippen MR) is 64.4 cm³/mol. The van der Waals surface area contributed by atoms with E-state index < -0.39 is 0 Å². The standard InChI is InChI=1S/C12H7NO2S/c14-10-4-1-5-11-8(10)7-13-6-2-3-9(13)12(15)16-11/h1-7H. The monoisotopic (exact) mass is 229 g/mol. The molecule has 0 fully saturated rings. The molecule has 2 heterocycles. The van der Waals surface area contributed by atoms with Crippen LogP contribution in [0.4, 0.5) is 0 Å². The number of hydrogen-bond acceptors (Lipinski definition) is 3. The largest absolute Gasteiger partial charge is 0.319 e. The van der Waals surface area contributed by atoms with Gasteiger partial charge in [0.1, 0.15) is 5.52 Å². The fourth-order valence-electron chi connectivity index (χ4n) is 1.71. The summed E-state index contributed by atoms with van der Waals surface area (Å²) in [6, 6.07) is 8.53. The maximum Gasteiger partial charge on any atom is 0.256 e. The Morgan fingerprint density at radius 2 is 1.94 bits per heavy atom. The lowest BCUT2D eigenvalue weighted by Crippen LogP contribution is -2.01. The first-order chi connectivity index (χ1) is 7.75. The lowest BCUT2D eigenvalue weighted by Gasteiger charge is -1.95. The van der Waals surface area contributed by atoms with Crippen LogP contribution in [0.5, 0.6) is 0 Å². The minimum Gasteiger partial charge on any atom is -0.319 e. The summed E-state index contributed by atoms with van der Waals surface area (Å²) in [6.07, 6.45) is 3.49. The normalized spacial score (nSPS) is 11.0. The molecule has 0 aromatic carbocycles. The maximum absolute atomic E-state index is 11.9. The van der Waals surface area contributed by atoms with Crippen LogP contribution < -0.4 is 10.2 Å². The van der Waals surface area contributed by atoms with Gasteiger partial charge in [0.05, 0.1) is 5.56 Å². The van der Waals surface area contributed by atoms with Gasteiger partial charge in [-0.2, -0.15) is 0 Å². The minimum absolute atomic E-state index is 0.0365. The SMILES string of the molecule is O=c1cccc2sc(=O)c3cccn3cc1-2. The fourth-order valence-corrected chi connectivity index (χ4v) is 2.60. The summed E-state index contributed by atoms with van der Waals surface area (Å²) in [6.45, 7) is 0. The van der Waals surface area contributed by atoms with Crippen LogP contribution in [0.3, 0.4) is 0 Å². The van der Waals surface area contributed by atoms with Crippen molar-refractivity contribution in [2.75, 3.05) is 0 Å². The summed E-state index contributed by atoms with van der Waals surface area (Å²) in [7, 11) is 0. The zero-order valence-corrected chi connectivity index (χ0v) is 9.03. The molecule has 0 N–H and O–H groups in total. The third-order valence-corrected chi connectivity index (χ3v) is 3.46. The third kappa shape index (κ3) is 1.27. The molecule has 0 radical (unpaired) electrons. The van der Waals surface area contributed by atoms with Gasteiger partial charge in [-0.25, -0.2) is 0 Å². The highest BCUT2D eigenvalue weighted by Gasteiger charge is 2.07. The van der Waals surface area contributed by atoms with Gasteiger partial charge in [0.2, 0.25) is 0 Å². The van der Waals surface area contributed by atoms with Crippen LogP contribution in [0.1, 0.15) is 0 Å². The molecule has 3 rings (SSSR count). The Labute approximate surface area is 94.6 Å². The Morgan fingerprint density at radius 1 is 1.06 bits per heavy atom. The number of nitrogens with zero attached hydrogens (tertiary/aromatic N) is 1. The van der Waals surface area contributed by atoms with Gasteiger partial charge < -0.3 is 4.40 Å². The summed E-state index contributed by atoms with van der Waals surface area (Å²) >= 11 is 1.10. The number of fused-ring (bicyclic) bond motifs is 2. The van der Waals surface area contributed by atoms with E-state index in [1.165, 1.54) is 6.07 Å².